The van der Waals surface area contributed by atoms with Gasteiger partial charge >= 0.3 is 0 Å². The van der Waals surface area contributed by atoms with Crippen LogP contribution in [0, 0.1) is 0 Å². The van der Waals surface area contributed by atoms with E-state index in [0.29, 0.717) is 25.7 Å². The predicted molar refractivity (Wildman–Crippen MR) is 52.6 cm³/mol. The van der Waals surface area contributed by atoms with E-state index in [4.69, 9.17) is 0 Å². The maximum atomic E-state index is 11.2. The third kappa shape index (κ3) is 2.65. The number of carbonyl (C=O) groups excluding carboxylic acids is 3. The second-order valence-corrected chi connectivity index (χ2v) is 2.78. The zero-order chi connectivity index (χ0) is 11.1. The van der Waals surface area contributed by atoms with Crippen molar-refractivity contribution in [1.29, 1.82) is 0 Å². The van der Waals surface area contributed by atoms with Crippen LogP contribution in [0.1, 0.15) is 40.0 Å². The summed E-state index contributed by atoms with van der Waals surface area (Å²) in [5, 5.41) is 0. The van der Waals surface area contributed by atoms with Gasteiger partial charge in [-0.3, -0.25) is 19.3 Å². The number of hydrogen-bond acceptors (Lipinski definition) is 3. The van der Waals surface area contributed by atoms with E-state index >= 15 is 0 Å². The van der Waals surface area contributed by atoms with E-state index in [9.17, 15) is 14.4 Å². The average Bonchev–Trinajstić information content (AvgIpc) is 2.61. The number of imide groups is 1. The van der Waals surface area contributed by atoms with Crippen molar-refractivity contribution in [2.24, 2.45) is 0 Å². The maximum absolute atomic E-state index is 11.2. The van der Waals surface area contributed by atoms with Crippen molar-refractivity contribution in [3.05, 3.63) is 0 Å². The Balaban J connectivity index is 0.000000791. The van der Waals surface area contributed by atoms with Crippen molar-refractivity contribution < 1.29 is 14.4 Å². The van der Waals surface area contributed by atoms with Crippen LogP contribution in [0.4, 0.5) is 0 Å². The number of carbonyl (C=O) groups is 3. The van der Waals surface area contributed by atoms with Crippen LogP contribution in [0.5, 0.6) is 0 Å². The van der Waals surface area contributed by atoms with E-state index in [1.807, 2.05) is 13.8 Å². The van der Waals surface area contributed by atoms with Gasteiger partial charge in [-0.1, -0.05) is 20.8 Å². The quantitative estimate of drug-likeness (QED) is 0.640. The molecule has 1 atom stereocenters. The third-order valence-corrected chi connectivity index (χ3v) is 2.09. The van der Waals surface area contributed by atoms with Gasteiger partial charge in [-0.15, -0.1) is 0 Å². The van der Waals surface area contributed by atoms with E-state index in [1.54, 1.807) is 6.92 Å². The Kier molecular flexibility index (Phi) is 5.76. The molecule has 0 saturated carbocycles. The van der Waals surface area contributed by atoms with Gasteiger partial charge in [0.05, 0.1) is 6.04 Å². The van der Waals surface area contributed by atoms with E-state index in [0.717, 1.165) is 4.90 Å². The van der Waals surface area contributed by atoms with Crippen LogP contribution in [-0.4, -0.2) is 29.0 Å². The zero-order valence-corrected chi connectivity index (χ0v) is 8.95. The molecule has 0 aromatic carbocycles. The zero-order valence-electron chi connectivity index (χ0n) is 8.95. The molecule has 0 spiro atoms. The molecule has 1 aliphatic heterocycles. The van der Waals surface area contributed by atoms with Gasteiger partial charge in [0.25, 0.3) is 0 Å². The molecule has 1 rings (SSSR count). The molecular weight excluding hydrogens is 182 g/mol. The molecule has 4 nitrogen and oxygen atoms in total. The molecule has 0 bridgehead atoms. The lowest BCUT2D eigenvalue weighted by Gasteiger charge is -2.15. The van der Waals surface area contributed by atoms with Crippen LogP contribution >= 0.6 is 0 Å². The lowest BCUT2D eigenvalue weighted by molar-refractivity contribution is -0.140. The fraction of sp³-hybridized carbons (Fsp3) is 0.700. The molecule has 80 valence electrons. The Morgan fingerprint density at radius 2 is 2.14 bits per heavy atom. The first kappa shape index (κ1) is 12.8. The Morgan fingerprint density at radius 3 is 2.57 bits per heavy atom. The SMILES string of the molecule is CC.CCC(=O)C1CCC(=O)N1C=O. The minimum Gasteiger partial charge on any atom is -0.297 e. The first-order valence-electron chi connectivity index (χ1n) is 5.00. The number of nitrogens with zero attached hydrogens (tertiary/aromatic N) is 1. The molecule has 1 fully saturated rings. The van der Waals surface area contributed by atoms with Gasteiger partial charge in [-0.25, -0.2) is 0 Å². The summed E-state index contributed by atoms with van der Waals surface area (Å²) in [6, 6.07) is -0.486. The monoisotopic (exact) mass is 199 g/mol. The van der Waals surface area contributed by atoms with Crippen LogP contribution in [0.15, 0.2) is 0 Å². The lowest BCUT2D eigenvalue weighted by Crippen LogP contribution is -2.37. The Bertz CT molecular complexity index is 225. The number of rotatable bonds is 3. The van der Waals surface area contributed by atoms with Crippen molar-refractivity contribution >= 4 is 18.1 Å². The van der Waals surface area contributed by atoms with E-state index < -0.39 is 6.04 Å². The highest BCUT2D eigenvalue weighted by Crippen LogP contribution is 2.18. The normalized spacial score (nSPS) is 20.1. The van der Waals surface area contributed by atoms with Gasteiger partial charge < -0.3 is 0 Å². The van der Waals surface area contributed by atoms with Gasteiger partial charge in [-0.2, -0.15) is 0 Å². The van der Waals surface area contributed by atoms with Crippen molar-refractivity contribution in [1.82, 2.24) is 4.90 Å². The smallest absolute Gasteiger partial charge is 0.229 e. The highest BCUT2D eigenvalue weighted by atomic mass is 16.2. The van der Waals surface area contributed by atoms with Gasteiger partial charge in [0.1, 0.15) is 0 Å². The summed E-state index contributed by atoms with van der Waals surface area (Å²) in [5.41, 5.74) is 0. The molecule has 1 heterocycles. The second kappa shape index (κ2) is 6.29. The van der Waals surface area contributed by atoms with Crippen LogP contribution in [-0.2, 0) is 14.4 Å². The molecule has 0 N–H and O–H groups in total. The van der Waals surface area contributed by atoms with Gasteiger partial charge in [-0.05, 0) is 6.42 Å². The summed E-state index contributed by atoms with van der Waals surface area (Å²) >= 11 is 0. The average molecular weight is 199 g/mol. The van der Waals surface area contributed by atoms with Crippen molar-refractivity contribution in [3.8, 4) is 0 Å². The Hall–Kier alpha value is -1.19. The molecule has 2 amide bonds. The summed E-state index contributed by atoms with van der Waals surface area (Å²) in [6.07, 6.45) is 1.63. The number of hydrogen-bond donors (Lipinski definition) is 0. The summed E-state index contributed by atoms with van der Waals surface area (Å²) in [4.78, 5) is 33.6. The molecule has 0 aliphatic carbocycles. The van der Waals surface area contributed by atoms with Crippen LogP contribution < -0.4 is 0 Å². The first-order valence-corrected chi connectivity index (χ1v) is 5.00. The summed E-state index contributed by atoms with van der Waals surface area (Å²) in [5.74, 6) is -0.273. The van der Waals surface area contributed by atoms with E-state index in [2.05, 4.69) is 0 Å². The fourth-order valence-electron chi connectivity index (χ4n) is 1.39. The van der Waals surface area contributed by atoms with E-state index in [-0.39, 0.29) is 11.7 Å². The van der Waals surface area contributed by atoms with Crippen molar-refractivity contribution in [3.63, 3.8) is 0 Å². The molecular formula is C10H17NO3. The summed E-state index contributed by atoms with van der Waals surface area (Å²) in [7, 11) is 0. The molecule has 4 heteroatoms. The molecule has 0 aromatic heterocycles. The Labute approximate surface area is 84.3 Å². The molecule has 0 aromatic rings. The predicted octanol–water partition coefficient (Wildman–Crippen LogP) is 1.14. The van der Waals surface area contributed by atoms with Crippen molar-refractivity contribution in [2.45, 2.75) is 46.1 Å². The number of ketones is 1. The minimum atomic E-state index is -0.486. The standard InChI is InChI=1S/C8H11NO3.C2H6/c1-2-7(11)6-3-4-8(12)9(6)5-10;1-2/h5-6H,2-4H2,1H3;1-2H3. The van der Waals surface area contributed by atoms with Crippen LogP contribution in [0.25, 0.3) is 0 Å². The fourth-order valence-corrected chi connectivity index (χ4v) is 1.39. The molecule has 0 radical (unpaired) electrons. The number of likely N-dealkylation sites (tertiary alicyclic amines) is 1. The number of amides is 2. The van der Waals surface area contributed by atoms with Crippen molar-refractivity contribution in [2.75, 3.05) is 0 Å². The lowest BCUT2D eigenvalue weighted by atomic mass is 10.1. The minimum absolute atomic E-state index is 0.0343. The summed E-state index contributed by atoms with van der Waals surface area (Å²) in [6.45, 7) is 5.73. The summed E-state index contributed by atoms with van der Waals surface area (Å²) < 4.78 is 0. The largest absolute Gasteiger partial charge is 0.297 e. The molecule has 1 aliphatic rings. The maximum Gasteiger partial charge on any atom is 0.229 e. The van der Waals surface area contributed by atoms with Crippen LogP contribution in [0.2, 0.25) is 0 Å². The highest BCUT2D eigenvalue weighted by molar-refractivity contribution is 5.97. The number of Topliss-reactive ketones (excluding diaryl/α,β-unsaturated/α-hetero) is 1. The first-order chi connectivity index (χ1) is 6.70. The van der Waals surface area contributed by atoms with Crippen LogP contribution in [0.3, 0.4) is 0 Å². The topological polar surface area (TPSA) is 54.5 Å². The van der Waals surface area contributed by atoms with Gasteiger partial charge in [0.2, 0.25) is 12.3 Å². The second-order valence-electron chi connectivity index (χ2n) is 2.78. The van der Waals surface area contributed by atoms with E-state index in [1.165, 1.54) is 0 Å². The highest BCUT2D eigenvalue weighted by Gasteiger charge is 2.34. The Morgan fingerprint density at radius 1 is 1.57 bits per heavy atom. The van der Waals surface area contributed by atoms with Gasteiger partial charge in [0.15, 0.2) is 5.78 Å². The molecule has 1 saturated heterocycles. The third-order valence-electron chi connectivity index (χ3n) is 2.09. The van der Waals surface area contributed by atoms with Gasteiger partial charge in [0, 0.05) is 12.8 Å². The molecule has 14 heavy (non-hydrogen) atoms. The molecule has 1 unspecified atom stereocenters.